The summed E-state index contributed by atoms with van der Waals surface area (Å²) >= 11 is 0. The summed E-state index contributed by atoms with van der Waals surface area (Å²) in [4.78, 5) is 21.9. The largest absolute Gasteiger partial charge is 0.481 e. The summed E-state index contributed by atoms with van der Waals surface area (Å²) in [6.45, 7) is 2.90. The zero-order valence-corrected chi connectivity index (χ0v) is 10.5. The summed E-state index contributed by atoms with van der Waals surface area (Å²) in [5.41, 5.74) is -0.365. The fourth-order valence-electron chi connectivity index (χ4n) is 1.46. The van der Waals surface area contributed by atoms with E-state index in [1.807, 2.05) is 5.32 Å². The number of urea groups is 1. The van der Waals surface area contributed by atoms with Gasteiger partial charge in [-0.1, -0.05) is 6.07 Å². The van der Waals surface area contributed by atoms with Gasteiger partial charge < -0.3 is 15.7 Å². The van der Waals surface area contributed by atoms with E-state index in [-0.39, 0.29) is 12.0 Å². The first-order chi connectivity index (χ1) is 8.81. The highest BCUT2D eigenvalue weighted by molar-refractivity contribution is 5.90. The Balaban J connectivity index is 2.72. The standard InChI is InChI=1S/C12H14F2N2O3/c1-6-3-4-8(13)11(10(6)14)16-12(19)15-7(2)5-9(17)18/h3-4,7H,5H2,1-2H3,(H,17,18)(H2,15,16,19). The molecule has 0 spiro atoms. The van der Waals surface area contributed by atoms with Crippen LogP contribution in [0.4, 0.5) is 19.3 Å². The van der Waals surface area contributed by atoms with E-state index >= 15 is 0 Å². The van der Waals surface area contributed by atoms with Crippen LogP contribution < -0.4 is 10.6 Å². The Kier molecular flexibility index (Phi) is 4.80. The third-order valence-electron chi connectivity index (χ3n) is 2.38. The molecular weight excluding hydrogens is 258 g/mol. The van der Waals surface area contributed by atoms with Crippen molar-refractivity contribution in [1.82, 2.24) is 5.32 Å². The molecule has 0 saturated heterocycles. The van der Waals surface area contributed by atoms with Crippen LogP contribution in [-0.4, -0.2) is 23.1 Å². The first-order valence-electron chi connectivity index (χ1n) is 5.55. The van der Waals surface area contributed by atoms with Crippen molar-refractivity contribution in [3.8, 4) is 0 Å². The van der Waals surface area contributed by atoms with Crippen molar-refractivity contribution in [3.63, 3.8) is 0 Å². The maximum absolute atomic E-state index is 13.6. The number of rotatable bonds is 4. The quantitative estimate of drug-likeness (QED) is 0.786. The van der Waals surface area contributed by atoms with E-state index in [0.717, 1.165) is 6.07 Å². The molecule has 1 rings (SSSR count). The van der Waals surface area contributed by atoms with Crippen molar-refractivity contribution in [1.29, 1.82) is 0 Å². The lowest BCUT2D eigenvalue weighted by molar-refractivity contribution is -0.137. The van der Waals surface area contributed by atoms with Gasteiger partial charge in [-0.05, 0) is 25.5 Å². The number of aryl methyl sites for hydroxylation is 1. The van der Waals surface area contributed by atoms with Crippen LogP contribution in [0.2, 0.25) is 0 Å². The third kappa shape index (κ3) is 4.20. The van der Waals surface area contributed by atoms with Crippen molar-refractivity contribution < 1.29 is 23.5 Å². The first-order valence-corrected chi connectivity index (χ1v) is 5.55. The molecule has 0 aliphatic carbocycles. The number of aliphatic carboxylic acids is 1. The molecule has 1 aromatic rings. The van der Waals surface area contributed by atoms with Gasteiger partial charge in [0.15, 0.2) is 5.82 Å². The molecule has 0 saturated carbocycles. The Labute approximate surface area is 108 Å². The number of carboxylic acid groups (broad SMARTS) is 1. The van der Waals surface area contributed by atoms with Gasteiger partial charge in [0.05, 0.1) is 6.42 Å². The summed E-state index contributed by atoms with van der Waals surface area (Å²) in [6.07, 6.45) is -0.286. The predicted molar refractivity (Wildman–Crippen MR) is 65.0 cm³/mol. The molecule has 2 amide bonds. The summed E-state index contributed by atoms with van der Waals surface area (Å²) in [6, 6.07) is 0.765. The molecule has 7 heteroatoms. The van der Waals surface area contributed by atoms with Crippen LogP contribution in [0.5, 0.6) is 0 Å². The van der Waals surface area contributed by atoms with Crippen molar-refractivity contribution >= 4 is 17.7 Å². The monoisotopic (exact) mass is 272 g/mol. The Morgan fingerprint density at radius 1 is 1.37 bits per heavy atom. The molecule has 1 unspecified atom stereocenters. The molecule has 104 valence electrons. The van der Waals surface area contributed by atoms with Gasteiger partial charge in [-0.15, -0.1) is 0 Å². The molecule has 5 nitrogen and oxygen atoms in total. The van der Waals surface area contributed by atoms with Crippen LogP contribution in [0, 0.1) is 18.6 Å². The molecule has 0 heterocycles. The van der Waals surface area contributed by atoms with E-state index < -0.39 is 35.4 Å². The Morgan fingerprint density at radius 3 is 2.58 bits per heavy atom. The number of halogens is 2. The van der Waals surface area contributed by atoms with E-state index in [1.165, 1.54) is 19.9 Å². The normalized spacial score (nSPS) is 11.8. The molecule has 0 aromatic heterocycles. The van der Waals surface area contributed by atoms with Crippen molar-refractivity contribution in [2.75, 3.05) is 5.32 Å². The maximum Gasteiger partial charge on any atom is 0.319 e. The van der Waals surface area contributed by atoms with Gasteiger partial charge in [-0.25, -0.2) is 13.6 Å². The number of hydrogen-bond acceptors (Lipinski definition) is 2. The molecule has 19 heavy (non-hydrogen) atoms. The Bertz CT molecular complexity index is 506. The highest BCUT2D eigenvalue weighted by Gasteiger charge is 2.16. The maximum atomic E-state index is 13.6. The number of amides is 2. The molecule has 0 aliphatic heterocycles. The second kappa shape index (κ2) is 6.12. The summed E-state index contributed by atoms with van der Waals surface area (Å²) in [5, 5.41) is 12.8. The molecule has 1 aromatic carbocycles. The minimum absolute atomic E-state index is 0.190. The summed E-state index contributed by atoms with van der Waals surface area (Å²) in [7, 11) is 0. The zero-order valence-electron chi connectivity index (χ0n) is 10.5. The van der Waals surface area contributed by atoms with Gasteiger partial charge in [-0.2, -0.15) is 0 Å². The third-order valence-corrected chi connectivity index (χ3v) is 2.38. The number of carboxylic acids is 1. The summed E-state index contributed by atoms with van der Waals surface area (Å²) in [5.74, 6) is -2.84. The molecular formula is C12H14F2N2O3. The average Bonchev–Trinajstić information content (AvgIpc) is 2.28. The number of carbonyl (C=O) groups is 2. The minimum Gasteiger partial charge on any atom is -0.481 e. The summed E-state index contributed by atoms with van der Waals surface area (Å²) < 4.78 is 27.0. The fraction of sp³-hybridized carbons (Fsp3) is 0.333. The van der Waals surface area contributed by atoms with E-state index in [4.69, 9.17) is 5.11 Å². The molecule has 0 radical (unpaired) electrons. The molecule has 0 aliphatic rings. The van der Waals surface area contributed by atoms with Gasteiger partial charge >= 0.3 is 12.0 Å². The lowest BCUT2D eigenvalue weighted by atomic mass is 10.2. The van der Waals surface area contributed by atoms with Crippen LogP contribution in [0.3, 0.4) is 0 Å². The van der Waals surface area contributed by atoms with Crippen molar-refractivity contribution in [2.45, 2.75) is 26.3 Å². The average molecular weight is 272 g/mol. The molecule has 1 atom stereocenters. The van der Waals surface area contributed by atoms with E-state index in [0.29, 0.717) is 0 Å². The van der Waals surface area contributed by atoms with E-state index in [1.54, 1.807) is 0 Å². The van der Waals surface area contributed by atoms with Crippen molar-refractivity contribution in [2.24, 2.45) is 0 Å². The second-order valence-corrected chi connectivity index (χ2v) is 4.15. The second-order valence-electron chi connectivity index (χ2n) is 4.15. The van der Waals surface area contributed by atoms with E-state index in [9.17, 15) is 18.4 Å². The minimum atomic E-state index is -1.08. The van der Waals surface area contributed by atoms with Crippen LogP contribution in [0.1, 0.15) is 18.9 Å². The number of benzene rings is 1. The first kappa shape index (κ1) is 14.9. The Morgan fingerprint density at radius 2 is 2.00 bits per heavy atom. The zero-order chi connectivity index (χ0) is 14.6. The predicted octanol–water partition coefficient (Wildman–Crippen LogP) is 2.26. The van der Waals surface area contributed by atoms with E-state index in [2.05, 4.69) is 5.32 Å². The van der Waals surface area contributed by atoms with Crippen LogP contribution in [-0.2, 0) is 4.79 Å². The highest BCUT2D eigenvalue weighted by atomic mass is 19.1. The van der Waals surface area contributed by atoms with Crippen molar-refractivity contribution in [3.05, 3.63) is 29.3 Å². The highest BCUT2D eigenvalue weighted by Crippen LogP contribution is 2.21. The van der Waals surface area contributed by atoms with Crippen LogP contribution in [0.25, 0.3) is 0 Å². The lowest BCUT2D eigenvalue weighted by Crippen LogP contribution is -2.37. The number of hydrogen-bond donors (Lipinski definition) is 3. The SMILES string of the molecule is Cc1ccc(F)c(NC(=O)NC(C)CC(=O)O)c1F. The van der Waals surface area contributed by atoms with Crippen LogP contribution in [0.15, 0.2) is 12.1 Å². The molecule has 0 fully saturated rings. The van der Waals surface area contributed by atoms with Gasteiger partial charge in [0.25, 0.3) is 0 Å². The Hall–Kier alpha value is -2.18. The lowest BCUT2D eigenvalue weighted by Gasteiger charge is -2.14. The topological polar surface area (TPSA) is 78.4 Å². The van der Waals surface area contributed by atoms with Gasteiger partial charge in [0, 0.05) is 6.04 Å². The number of carbonyl (C=O) groups excluding carboxylic acids is 1. The number of nitrogens with one attached hydrogen (secondary N) is 2. The molecule has 3 N–H and O–H groups in total. The smallest absolute Gasteiger partial charge is 0.319 e. The van der Waals surface area contributed by atoms with Gasteiger partial charge in [0.1, 0.15) is 11.5 Å². The fourth-order valence-corrected chi connectivity index (χ4v) is 1.46. The number of anilines is 1. The molecule has 0 bridgehead atoms. The van der Waals surface area contributed by atoms with Crippen LogP contribution >= 0.6 is 0 Å². The van der Waals surface area contributed by atoms with Gasteiger partial charge in [0.2, 0.25) is 0 Å². The van der Waals surface area contributed by atoms with Gasteiger partial charge in [-0.3, -0.25) is 4.79 Å².